The summed E-state index contributed by atoms with van der Waals surface area (Å²) < 4.78 is 58.6. The Morgan fingerprint density at radius 1 is 1.14 bits per heavy atom. The first-order chi connectivity index (χ1) is 13.3. The number of tetrazole rings is 1. The van der Waals surface area contributed by atoms with Crippen LogP contribution in [0.3, 0.4) is 0 Å². The summed E-state index contributed by atoms with van der Waals surface area (Å²) in [5.74, 6) is -0.841. The number of rotatable bonds is 4. The van der Waals surface area contributed by atoms with E-state index in [0.717, 1.165) is 12.1 Å². The van der Waals surface area contributed by atoms with Gasteiger partial charge >= 0.3 is 6.18 Å². The minimum atomic E-state index is -4.70. The fourth-order valence-electron chi connectivity index (χ4n) is 2.69. The monoisotopic (exact) mass is 393 g/mol. The van der Waals surface area contributed by atoms with Gasteiger partial charge in [-0.3, -0.25) is 0 Å². The molecule has 0 saturated heterocycles. The van der Waals surface area contributed by atoms with Gasteiger partial charge in [-0.1, -0.05) is 0 Å². The molecule has 0 saturated carbocycles. The summed E-state index contributed by atoms with van der Waals surface area (Å²) >= 11 is 0. The van der Waals surface area contributed by atoms with Crippen molar-refractivity contribution in [1.29, 1.82) is 0 Å². The first-order valence-electron chi connectivity index (χ1n) is 7.91. The number of fused-ring (bicyclic) bond motifs is 1. The third-order valence-corrected chi connectivity index (χ3v) is 4.05. The highest BCUT2D eigenvalue weighted by Gasteiger charge is 2.34. The van der Waals surface area contributed by atoms with E-state index in [4.69, 9.17) is 4.42 Å². The summed E-state index contributed by atoms with van der Waals surface area (Å²) in [7, 11) is 0. The largest absolute Gasteiger partial charge is 0.507 e. The molecule has 4 rings (SSSR count). The fraction of sp³-hybridized carbons (Fsp3) is 0.118. The number of alkyl halides is 3. The maximum Gasteiger partial charge on any atom is 0.420 e. The summed E-state index contributed by atoms with van der Waals surface area (Å²) in [6, 6.07) is 7.20. The predicted molar refractivity (Wildman–Crippen MR) is 89.8 cm³/mol. The van der Waals surface area contributed by atoms with Gasteiger partial charge in [-0.15, -0.1) is 5.10 Å². The number of nitrogens with zero attached hydrogens (tertiary/aromatic N) is 3. The number of hydrogen-bond acceptors (Lipinski definition) is 6. The lowest BCUT2D eigenvalue weighted by Gasteiger charge is -2.12. The topological polar surface area (TPSA) is 99.9 Å². The number of benzene rings is 2. The van der Waals surface area contributed by atoms with E-state index in [1.54, 1.807) is 6.07 Å². The minimum absolute atomic E-state index is 0.0810. The molecule has 144 valence electrons. The zero-order valence-electron chi connectivity index (χ0n) is 13.9. The molecule has 2 heterocycles. The van der Waals surface area contributed by atoms with Crippen LogP contribution in [0.15, 0.2) is 40.8 Å². The molecule has 4 aromatic rings. The Morgan fingerprint density at radius 2 is 1.96 bits per heavy atom. The van der Waals surface area contributed by atoms with Gasteiger partial charge in [0.2, 0.25) is 5.82 Å². The number of aromatic hydroxyl groups is 1. The fourth-order valence-corrected chi connectivity index (χ4v) is 2.69. The average molecular weight is 393 g/mol. The zero-order valence-corrected chi connectivity index (χ0v) is 13.9. The highest BCUT2D eigenvalue weighted by molar-refractivity contribution is 5.82. The third-order valence-electron chi connectivity index (χ3n) is 4.05. The number of halogens is 4. The van der Waals surface area contributed by atoms with E-state index in [2.05, 4.69) is 25.9 Å². The van der Waals surface area contributed by atoms with Crippen molar-refractivity contribution in [3.63, 3.8) is 0 Å². The smallest absolute Gasteiger partial charge is 0.420 e. The molecule has 0 unspecified atom stereocenters. The number of furan rings is 1. The van der Waals surface area contributed by atoms with Gasteiger partial charge in [-0.2, -0.15) is 13.2 Å². The molecule has 0 atom stereocenters. The van der Waals surface area contributed by atoms with Crippen molar-refractivity contribution < 1.29 is 27.1 Å². The predicted octanol–water partition coefficient (Wildman–Crippen LogP) is 4.09. The summed E-state index contributed by atoms with van der Waals surface area (Å²) in [6.45, 7) is -0.0935. The number of phenols is 1. The van der Waals surface area contributed by atoms with E-state index in [1.165, 1.54) is 18.2 Å². The number of anilines is 1. The van der Waals surface area contributed by atoms with Gasteiger partial charge in [0.1, 0.15) is 17.1 Å². The standard InChI is InChI=1S/C17H11F4N5O2/c18-12-3-8-4-15(16-23-25-26-24-16)28-14(8)5-9(12)7-22-10-1-2-13(27)11(6-10)17(19,20)21/h1-6,22,27H,7H2,(H,23,24,25,26). The Bertz CT molecular complexity index is 1140. The summed E-state index contributed by atoms with van der Waals surface area (Å²) in [5.41, 5.74) is -0.542. The molecule has 28 heavy (non-hydrogen) atoms. The van der Waals surface area contributed by atoms with Crippen molar-refractivity contribution in [3.05, 3.63) is 53.3 Å². The molecule has 7 nitrogen and oxygen atoms in total. The second-order valence-corrected chi connectivity index (χ2v) is 5.93. The number of nitrogens with one attached hydrogen (secondary N) is 2. The number of H-pyrrole nitrogens is 1. The maximum absolute atomic E-state index is 14.4. The molecule has 0 radical (unpaired) electrons. The van der Waals surface area contributed by atoms with Crippen LogP contribution in [0.2, 0.25) is 0 Å². The molecular formula is C17H11F4N5O2. The van der Waals surface area contributed by atoms with Gasteiger partial charge in [0.25, 0.3) is 0 Å². The highest BCUT2D eigenvalue weighted by atomic mass is 19.4. The van der Waals surface area contributed by atoms with Crippen molar-refractivity contribution in [3.8, 4) is 17.3 Å². The first-order valence-corrected chi connectivity index (χ1v) is 7.91. The molecule has 0 amide bonds. The molecule has 2 aromatic carbocycles. The van der Waals surface area contributed by atoms with Crippen molar-refractivity contribution >= 4 is 16.7 Å². The van der Waals surface area contributed by atoms with Gasteiger partial charge in [-0.25, -0.2) is 9.49 Å². The maximum atomic E-state index is 14.4. The number of aromatic nitrogens is 4. The normalized spacial score (nSPS) is 11.9. The lowest BCUT2D eigenvalue weighted by atomic mass is 10.1. The van der Waals surface area contributed by atoms with Crippen molar-refractivity contribution in [1.82, 2.24) is 20.6 Å². The van der Waals surface area contributed by atoms with Crippen LogP contribution >= 0.6 is 0 Å². The number of phenolic OH excluding ortho intramolecular Hbond substituents is 1. The molecule has 3 N–H and O–H groups in total. The van der Waals surface area contributed by atoms with Crippen LogP contribution in [0.4, 0.5) is 23.2 Å². The Labute approximate surface area is 154 Å². The van der Waals surface area contributed by atoms with E-state index >= 15 is 0 Å². The van der Waals surface area contributed by atoms with Crippen LogP contribution in [-0.4, -0.2) is 25.7 Å². The van der Waals surface area contributed by atoms with Gasteiger partial charge in [0.15, 0.2) is 5.76 Å². The van der Waals surface area contributed by atoms with E-state index in [0.29, 0.717) is 16.7 Å². The Kier molecular flexibility index (Phi) is 4.13. The van der Waals surface area contributed by atoms with Gasteiger partial charge < -0.3 is 14.8 Å². The van der Waals surface area contributed by atoms with Crippen LogP contribution < -0.4 is 5.32 Å². The molecule has 0 spiro atoms. The molecule has 11 heteroatoms. The van der Waals surface area contributed by atoms with Crippen LogP contribution in [0.1, 0.15) is 11.1 Å². The average Bonchev–Trinajstić information content (AvgIpc) is 3.29. The van der Waals surface area contributed by atoms with E-state index in [9.17, 15) is 22.7 Å². The van der Waals surface area contributed by atoms with E-state index < -0.39 is 23.3 Å². The number of hydrogen-bond donors (Lipinski definition) is 3. The summed E-state index contributed by atoms with van der Waals surface area (Å²) in [5, 5.41) is 25.7. The zero-order chi connectivity index (χ0) is 19.9. The lowest BCUT2D eigenvalue weighted by Crippen LogP contribution is -2.07. The van der Waals surface area contributed by atoms with Crippen LogP contribution in [-0.2, 0) is 12.7 Å². The van der Waals surface area contributed by atoms with Crippen molar-refractivity contribution in [2.24, 2.45) is 0 Å². The van der Waals surface area contributed by atoms with Crippen LogP contribution in [0.25, 0.3) is 22.6 Å². The van der Waals surface area contributed by atoms with E-state index in [-0.39, 0.29) is 23.6 Å². The SMILES string of the molecule is Oc1ccc(NCc2cc3oc(-c4nnn[nH]4)cc3cc2F)cc1C(F)(F)F. The van der Waals surface area contributed by atoms with Crippen molar-refractivity contribution in [2.75, 3.05) is 5.32 Å². The Balaban J connectivity index is 1.59. The number of aromatic amines is 1. The summed E-state index contributed by atoms with van der Waals surface area (Å²) in [6.07, 6.45) is -4.70. The minimum Gasteiger partial charge on any atom is -0.507 e. The van der Waals surface area contributed by atoms with Crippen LogP contribution in [0.5, 0.6) is 5.75 Å². The van der Waals surface area contributed by atoms with E-state index in [1.807, 2.05) is 0 Å². The Hall–Kier alpha value is -3.63. The van der Waals surface area contributed by atoms with Gasteiger partial charge in [0.05, 0.1) is 5.56 Å². The van der Waals surface area contributed by atoms with Crippen molar-refractivity contribution in [2.45, 2.75) is 12.7 Å². The Morgan fingerprint density at radius 3 is 2.68 bits per heavy atom. The lowest BCUT2D eigenvalue weighted by molar-refractivity contribution is -0.138. The second-order valence-electron chi connectivity index (χ2n) is 5.93. The molecule has 0 bridgehead atoms. The molecule has 0 aliphatic rings. The van der Waals surface area contributed by atoms with Gasteiger partial charge in [0, 0.05) is 23.2 Å². The second kappa shape index (κ2) is 6.51. The molecule has 0 fully saturated rings. The highest BCUT2D eigenvalue weighted by Crippen LogP contribution is 2.37. The molecular weight excluding hydrogens is 382 g/mol. The molecule has 2 aromatic heterocycles. The molecule has 0 aliphatic carbocycles. The van der Waals surface area contributed by atoms with Gasteiger partial charge in [-0.05, 0) is 46.8 Å². The quantitative estimate of drug-likeness (QED) is 0.357. The van der Waals surface area contributed by atoms with Crippen LogP contribution in [0, 0.1) is 5.82 Å². The summed E-state index contributed by atoms with van der Waals surface area (Å²) in [4.78, 5) is 0. The third kappa shape index (κ3) is 3.33. The molecule has 0 aliphatic heterocycles. The first kappa shape index (κ1) is 17.8.